The lowest BCUT2D eigenvalue weighted by atomic mass is 10.1. The van der Waals surface area contributed by atoms with Gasteiger partial charge in [0.15, 0.2) is 5.95 Å². The topological polar surface area (TPSA) is 56.5 Å². The van der Waals surface area contributed by atoms with Crippen LogP contribution in [0.1, 0.15) is 11.3 Å². The van der Waals surface area contributed by atoms with E-state index < -0.39 is 0 Å². The van der Waals surface area contributed by atoms with Crippen LogP contribution in [0, 0.1) is 0 Å². The van der Waals surface area contributed by atoms with Crippen molar-refractivity contribution in [3.63, 3.8) is 0 Å². The Morgan fingerprint density at radius 1 is 1.29 bits per heavy atom. The Labute approximate surface area is 99.1 Å². The zero-order valence-electron chi connectivity index (χ0n) is 9.62. The van der Waals surface area contributed by atoms with Gasteiger partial charge < -0.3 is 15.3 Å². The van der Waals surface area contributed by atoms with E-state index in [-0.39, 0.29) is 0 Å². The predicted octanol–water partition coefficient (Wildman–Crippen LogP) is 2.52. The molecule has 0 bridgehead atoms. The Hall–Kier alpha value is -2.23. The van der Waals surface area contributed by atoms with Crippen molar-refractivity contribution in [2.45, 2.75) is 6.42 Å². The van der Waals surface area contributed by atoms with Crippen LogP contribution in [0.2, 0.25) is 0 Å². The van der Waals surface area contributed by atoms with Gasteiger partial charge in [-0.05, 0) is 11.6 Å². The zero-order valence-corrected chi connectivity index (χ0v) is 9.62. The van der Waals surface area contributed by atoms with E-state index in [9.17, 15) is 0 Å². The summed E-state index contributed by atoms with van der Waals surface area (Å²) in [7, 11) is 1.86. The lowest BCUT2D eigenvalue weighted by Crippen LogP contribution is -1.91. The van der Waals surface area contributed by atoms with Gasteiger partial charge in [-0.3, -0.25) is 0 Å². The number of benzene rings is 1. The number of aromatic amines is 2. The second-order valence-electron chi connectivity index (χ2n) is 4.04. The third kappa shape index (κ3) is 1.78. The van der Waals surface area contributed by atoms with Crippen molar-refractivity contribution in [1.29, 1.82) is 0 Å². The molecular formula is C13H14N4. The Balaban J connectivity index is 1.94. The van der Waals surface area contributed by atoms with Gasteiger partial charge >= 0.3 is 0 Å². The lowest BCUT2D eigenvalue weighted by molar-refractivity contribution is 1.11. The highest BCUT2D eigenvalue weighted by Gasteiger charge is 2.05. The minimum atomic E-state index is 0.805. The second kappa shape index (κ2) is 3.97. The molecule has 0 fully saturated rings. The molecule has 0 radical (unpaired) electrons. The van der Waals surface area contributed by atoms with Crippen molar-refractivity contribution in [3.8, 4) is 0 Å². The summed E-state index contributed by atoms with van der Waals surface area (Å²) < 4.78 is 0. The lowest BCUT2D eigenvalue weighted by Gasteiger charge is -1.96. The first kappa shape index (κ1) is 9.96. The van der Waals surface area contributed by atoms with Crippen LogP contribution in [0.5, 0.6) is 0 Å². The van der Waals surface area contributed by atoms with Gasteiger partial charge in [0.05, 0.1) is 6.20 Å². The van der Waals surface area contributed by atoms with Crippen LogP contribution in [0.15, 0.2) is 36.7 Å². The molecule has 0 aliphatic heterocycles. The molecule has 4 nitrogen and oxygen atoms in total. The summed E-state index contributed by atoms with van der Waals surface area (Å²) in [6, 6.07) is 8.32. The van der Waals surface area contributed by atoms with Crippen molar-refractivity contribution >= 4 is 16.9 Å². The van der Waals surface area contributed by atoms with Gasteiger partial charge in [0, 0.05) is 36.3 Å². The molecule has 3 rings (SSSR count). The summed E-state index contributed by atoms with van der Waals surface area (Å²) in [6.45, 7) is 0. The number of fused-ring (bicyclic) bond motifs is 1. The molecule has 0 aliphatic carbocycles. The molecule has 0 atom stereocenters. The largest absolute Gasteiger partial charge is 0.361 e. The molecular weight excluding hydrogens is 212 g/mol. The molecule has 0 unspecified atom stereocenters. The number of aromatic nitrogens is 3. The van der Waals surface area contributed by atoms with Gasteiger partial charge in [-0.2, -0.15) is 0 Å². The van der Waals surface area contributed by atoms with Gasteiger partial charge in [-0.15, -0.1) is 0 Å². The molecule has 1 aromatic carbocycles. The molecule has 3 aromatic rings. The first-order valence-electron chi connectivity index (χ1n) is 5.63. The van der Waals surface area contributed by atoms with Gasteiger partial charge in [0.2, 0.25) is 0 Å². The monoisotopic (exact) mass is 226 g/mol. The minimum Gasteiger partial charge on any atom is -0.361 e. The highest BCUT2D eigenvalue weighted by atomic mass is 15.1. The van der Waals surface area contributed by atoms with E-state index >= 15 is 0 Å². The standard InChI is InChI=1S/C13H14N4/c1-14-13-16-8-10(17-13)6-9-7-15-12-5-3-2-4-11(9)12/h2-5,7-8,15H,6H2,1H3,(H2,14,16,17). The molecule has 3 N–H and O–H groups in total. The van der Waals surface area contributed by atoms with E-state index in [1.165, 1.54) is 16.5 Å². The van der Waals surface area contributed by atoms with E-state index in [2.05, 4.69) is 44.7 Å². The molecule has 2 heterocycles. The smallest absolute Gasteiger partial charge is 0.200 e. The summed E-state index contributed by atoms with van der Waals surface area (Å²) >= 11 is 0. The number of nitrogens with zero attached hydrogens (tertiary/aromatic N) is 1. The first-order chi connectivity index (χ1) is 8.36. The Morgan fingerprint density at radius 3 is 3.00 bits per heavy atom. The molecule has 0 amide bonds. The van der Waals surface area contributed by atoms with Crippen LogP contribution >= 0.6 is 0 Å². The number of H-pyrrole nitrogens is 2. The van der Waals surface area contributed by atoms with Crippen molar-refractivity contribution in [2.75, 3.05) is 12.4 Å². The molecule has 0 saturated heterocycles. The van der Waals surface area contributed by atoms with Crippen LogP contribution in [0.3, 0.4) is 0 Å². The van der Waals surface area contributed by atoms with E-state index in [4.69, 9.17) is 0 Å². The summed E-state index contributed by atoms with van der Waals surface area (Å²) in [5.74, 6) is 0.805. The zero-order chi connectivity index (χ0) is 11.7. The van der Waals surface area contributed by atoms with Crippen molar-refractivity contribution in [2.24, 2.45) is 0 Å². The van der Waals surface area contributed by atoms with Gasteiger partial charge in [-0.25, -0.2) is 4.98 Å². The molecule has 0 saturated carbocycles. The van der Waals surface area contributed by atoms with Crippen LogP contribution in [-0.2, 0) is 6.42 Å². The number of anilines is 1. The number of nitrogens with one attached hydrogen (secondary N) is 3. The maximum Gasteiger partial charge on any atom is 0.200 e. The maximum absolute atomic E-state index is 4.22. The van der Waals surface area contributed by atoms with Crippen LogP contribution in [0.4, 0.5) is 5.95 Å². The highest BCUT2D eigenvalue weighted by molar-refractivity contribution is 5.83. The van der Waals surface area contributed by atoms with Gasteiger partial charge in [0.25, 0.3) is 0 Å². The van der Waals surface area contributed by atoms with Crippen molar-refractivity contribution in [1.82, 2.24) is 15.0 Å². The first-order valence-corrected chi connectivity index (χ1v) is 5.63. The molecule has 2 aromatic heterocycles. The van der Waals surface area contributed by atoms with E-state index in [1.807, 2.05) is 19.3 Å². The molecule has 17 heavy (non-hydrogen) atoms. The average Bonchev–Trinajstić information content (AvgIpc) is 2.97. The van der Waals surface area contributed by atoms with Gasteiger partial charge in [0.1, 0.15) is 0 Å². The second-order valence-corrected chi connectivity index (χ2v) is 4.04. The number of para-hydroxylation sites is 1. The molecule has 86 valence electrons. The number of rotatable bonds is 3. The number of hydrogen-bond acceptors (Lipinski definition) is 2. The summed E-state index contributed by atoms with van der Waals surface area (Å²) in [5, 5.41) is 4.26. The predicted molar refractivity (Wildman–Crippen MR) is 69.2 cm³/mol. The fourth-order valence-corrected chi connectivity index (χ4v) is 2.06. The Kier molecular flexibility index (Phi) is 2.33. The van der Waals surface area contributed by atoms with Crippen molar-refractivity contribution in [3.05, 3.63) is 47.9 Å². The van der Waals surface area contributed by atoms with Gasteiger partial charge in [-0.1, -0.05) is 18.2 Å². The van der Waals surface area contributed by atoms with E-state index in [0.29, 0.717) is 0 Å². The maximum atomic E-state index is 4.22. The summed E-state index contributed by atoms with van der Waals surface area (Å²) in [6.07, 6.45) is 4.79. The van der Waals surface area contributed by atoms with Crippen LogP contribution in [0.25, 0.3) is 10.9 Å². The van der Waals surface area contributed by atoms with E-state index in [1.54, 1.807) is 0 Å². The third-order valence-corrected chi connectivity index (χ3v) is 2.92. The Bertz CT molecular complexity index is 635. The Morgan fingerprint density at radius 2 is 2.18 bits per heavy atom. The minimum absolute atomic E-state index is 0.805. The SMILES string of the molecule is CNc1ncc(Cc2c[nH]c3ccccc23)[nH]1. The average molecular weight is 226 g/mol. The molecule has 4 heteroatoms. The highest BCUT2D eigenvalue weighted by Crippen LogP contribution is 2.20. The number of hydrogen-bond donors (Lipinski definition) is 3. The van der Waals surface area contributed by atoms with Crippen LogP contribution < -0.4 is 5.32 Å². The normalized spacial score (nSPS) is 10.9. The fraction of sp³-hybridized carbons (Fsp3) is 0.154. The fourth-order valence-electron chi connectivity index (χ4n) is 2.06. The molecule has 0 aliphatic rings. The van der Waals surface area contributed by atoms with E-state index in [0.717, 1.165) is 18.1 Å². The van der Waals surface area contributed by atoms with Crippen LogP contribution in [-0.4, -0.2) is 22.0 Å². The van der Waals surface area contributed by atoms with Crippen molar-refractivity contribution < 1.29 is 0 Å². The summed E-state index contributed by atoms with van der Waals surface area (Å²) in [4.78, 5) is 10.7. The molecule has 0 spiro atoms. The quantitative estimate of drug-likeness (QED) is 0.642. The number of imidazole rings is 1. The third-order valence-electron chi connectivity index (χ3n) is 2.92. The summed E-state index contributed by atoms with van der Waals surface area (Å²) in [5.41, 5.74) is 3.57.